The lowest BCUT2D eigenvalue weighted by Crippen LogP contribution is -2.19. The summed E-state index contributed by atoms with van der Waals surface area (Å²) in [6, 6.07) is 12.0. The summed E-state index contributed by atoms with van der Waals surface area (Å²) in [5, 5.41) is 13.3. The second kappa shape index (κ2) is 6.64. The minimum Gasteiger partial charge on any atom is -0.508 e. The van der Waals surface area contributed by atoms with Crippen molar-refractivity contribution in [3.05, 3.63) is 58.7 Å². The molecule has 0 amide bonds. The molecule has 0 fully saturated rings. The van der Waals surface area contributed by atoms with Gasteiger partial charge in [0.05, 0.1) is 7.11 Å². The van der Waals surface area contributed by atoms with Crippen molar-refractivity contribution >= 4 is 0 Å². The second-order valence-corrected chi connectivity index (χ2v) is 5.48. The van der Waals surface area contributed by atoms with Gasteiger partial charge in [-0.05, 0) is 32.9 Å². The van der Waals surface area contributed by atoms with Crippen LogP contribution in [0.25, 0.3) is 0 Å². The summed E-state index contributed by atoms with van der Waals surface area (Å²) in [4.78, 5) is 0. The van der Waals surface area contributed by atoms with Crippen LogP contribution in [-0.2, 0) is 6.54 Å². The van der Waals surface area contributed by atoms with Crippen LogP contribution in [0.5, 0.6) is 11.5 Å². The Bertz CT molecular complexity index is 623. The van der Waals surface area contributed by atoms with E-state index in [9.17, 15) is 5.11 Å². The number of hydrogen-bond donors (Lipinski definition) is 2. The standard InChI is InChI=1S/C18H23NO2/c1-12-5-7-17(20)15(9-12)11-19-14(3)16-10-13(2)6-8-18(16)21-4/h5-10,14,19-20H,11H2,1-4H3. The number of ether oxygens (including phenoxy) is 1. The van der Waals surface area contributed by atoms with Gasteiger partial charge in [0.25, 0.3) is 0 Å². The van der Waals surface area contributed by atoms with Gasteiger partial charge >= 0.3 is 0 Å². The van der Waals surface area contributed by atoms with Gasteiger partial charge < -0.3 is 15.2 Å². The highest BCUT2D eigenvalue weighted by Crippen LogP contribution is 2.27. The number of aryl methyl sites for hydroxylation is 2. The average Bonchev–Trinajstić information content (AvgIpc) is 2.47. The molecule has 0 saturated heterocycles. The van der Waals surface area contributed by atoms with Crippen LogP contribution in [-0.4, -0.2) is 12.2 Å². The summed E-state index contributed by atoms with van der Waals surface area (Å²) in [5.41, 5.74) is 4.39. The number of rotatable bonds is 5. The Kier molecular flexibility index (Phi) is 4.86. The van der Waals surface area contributed by atoms with Crippen LogP contribution in [0.2, 0.25) is 0 Å². The molecule has 2 aromatic rings. The number of methoxy groups -OCH3 is 1. The molecule has 2 aromatic carbocycles. The van der Waals surface area contributed by atoms with Crippen LogP contribution in [0.1, 0.15) is 35.2 Å². The maximum atomic E-state index is 9.90. The van der Waals surface area contributed by atoms with E-state index in [2.05, 4.69) is 25.2 Å². The minimum absolute atomic E-state index is 0.139. The van der Waals surface area contributed by atoms with E-state index >= 15 is 0 Å². The van der Waals surface area contributed by atoms with Crippen molar-refractivity contribution in [1.29, 1.82) is 0 Å². The Morgan fingerprint density at radius 3 is 2.48 bits per heavy atom. The summed E-state index contributed by atoms with van der Waals surface area (Å²) in [6.07, 6.45) is 0. The summed E-state index contributed by atoms with van der Waals surface area (Å²) >= 11 is 0. The van der Waals surface area contributed by atoms with E-state index in [-0.39, 0.29) is 6.04 Å². The zero-order chi connectivity index (χ0) is 15.4. The SMILES string of the molecule is COc1ccc(C)cc1C(C)NCc1cc(C)ccc1O. The van der Waals surface area contributed by atoms with Gasteiger partial charge in [-0.2, -0.15) is 0 Å². The number of phenols is 1. The fourth-order valence-corrected chi connectivity index (χ4v) is 2.42. The monoisotopic (exact) mass is 285 g/mol. The highest BCUT2D eigenvalue weighted by Gasteiger charge is 2.12. The first-order valence-electron chi connectivity index (χ1n) is 7.17. The summed E-state index contributed by atoms with van der Waals surface area (Å²) in [5.74, 6) is 1.21. The smallest absolute Gasteiger partial charge is 0.123 e. The average molecular weight is 285 g/mol. The van der Waals surface area contributed by atoms with E-state index < -0.39 is 0 Å². The molecule has 21 heavy (non-hydrogen) atoms. The normalized spacial score (nSPS) is 12.2. The van der Waals surface area contributed by atoms with E-state index in [0.29, 0.717) is 12.3 Å². The molecular formula is C18H23NO2. The molecule has 0 radical (unpaired) electrons. The molecule has 0 aliphatic heterocycles. The third-order valence-electron chi connectivity index (χ3n) is 3.69. The molecular weight excluding hydrogens is 262 g/mol. The molecule has 3 nitrogen and oxygen atoms in total. The molecule has 2 N–H and O–H groups in total. The quantitative estimate of drug-likeness (QED) is 0.876. The summed E-state index contributed by atoms with van der Waals surface area (Å²) in [6.45, 7) is 6.81. The number of nitrogens with one attached hydrogen (secondary N) is 1. The van der Waals surface area contributed by atoms with Gasteiger partial charge in [0.15, 0.2) is 0 Å². The van der Waals surface area contributed by atoms with Gasteiger partial charge in [-0.3, -0.25) is 0 Å². The van der Waals surface area contributed by atoms with Crippen LogP contribution in [0.3, 0.4) is 0 Å². The lowest BCUT2D eigenvalue weighted by Gasteiger charge is -2.18. The topological polar surface area (TPSA) is 41.5 Å². The first kappa shape index (κ1) is 15.4. The molecule has 1 atom stereocenters. The second-order valence-electron chi connectivity index (χ2n) is 5.48. The van der Waals surface area contributed by atoms with E-state index in [4.69, 9.17) is 4.74 Å². The minimum atomic E-state index is 0.139. The van der Waals surface area contributed by atoms with Crippen molar-refractivity contribution in [1.82, 2.24) is 5.32 Å². The molecule has 0 aliphatic carbocycles. The number of benzene rings is 2. The van der Waals surface area contributed by atoms with E-state index in [1.807, 2.05) is 31.2 Å². The van der Waals surface area contributed by atoms with Crippen LogP contribution in [0.4, 0.5) is 0 Å². The van der Waals surface area contributed by atoms with E-state index in [0.717, 1.165) is 22.4 Å². The Morgan fingerprint density at radius 2 is 1.76 bits per heavy atom. The Labute approximate surface area is 126 Å². The van der Waals surface area contributed by atoms with Gasteiger partial charge in [-0.15, -0.1) is 0 Å². The third-order valence-corrected chi connectivity index (χ3v) is 3.69. The predicted octanol–water partition coefficient (Wildman–Crippen LogP) is 3.87. The maximum Gasteiger partial charge on any atom is 0.123 e. The Hall–Kier alpha value is -2.00. The highest BCUT2D eigenvalue weighted by atomic mass is 16.5. The molecule has 0 spiro atoms. The van der Waals surface area contributed by atoms with Gasteiger partial charge in [-0.1, -0.05) is 35.4 Å². The van der Waals surface area contributed by atoms with E-state index in [1.165, 1.54) is 5.56 Å². The van der Waals surface area contributed by atoms with Crippen molar-refractivity contribution in [3.8, 4) is 11.5 Å². The molecule has 2 rings (SSSR count). The fraction of sp³-hybridized carbons (Fsp3) is 0.333. The summed E-state index contributed by atoms with van der Waals surface area (Å²) in [7, 11) is 1.69. The van der Waals surface area contributed by atoms with Crippen LogP contribution in [0.15, 0.2) is 36.4 Å². The number of hydrogen-bond acceptors (Lipinski definition) is 3. The molecule has 0 bridgehead atoms. The third kappa shape index (κ3) is 3.76. The van der Waals surface area contributed by atoms with Crippen LogP contribution >= 0.6 is 0 Å². The predicted molar refractivity (Wildman–Crippen MR) is 85.8 cm³/mol. The lowest BCUT2D eigenvalue weighted by molar-refractivity contribution is 0.400. The van der Waals surface area contributed by atoms with Crippen LogP contribution < -0.4 is 10.1 Å². The fourth-order valence-electron chi connectivity index (χ4n) is 2.42. The molecule has 3 heteroatoms. The van der Waals surface area contributed by atoms with Crippen molar-refractivity contribution in [3.63, 3.8) is 0 Å². The van der Waals surface area contributed by atoms with Crippen molar-refractivity contribution in [2.75, 3.05) is 7.11 Å². The van der Waals surface area contributed by atoms with Gasteiger partial charge in [0, 0.05) is 23.7 Å². The molecule has 1 unspecified atom stereocenters. The zero-order valence-corrected chi connectivity index (χ0v) is 13.1. The molecule has 0 heterocycles. The van der Waals surface area contributed by atoms with Gasteiger partial charge in [0.1, 0.15) is 11.5 Å². The van der Waals surface area contributed by atoms with Crippen molar-refractivity contribution in [2.45, 2.75) is 33.4 Å². The molecule has 0 aliphatic rings. The first-order chi connectivity index (χ1) is 10.0. The van der Waals surface area contributed by atoms with Gasteiger partial charge in [-0.25, -0.2) is 0 Å². The van der Waals surface area contributed by atoms with E-state index in [1.54, 1.807) is 13.2 Å². The van der Waals surface area contributed by atoms with Crippen molar-refractivity contribution < 1.29 is 9.84 Å². The number of aromatic hydroxyl groups is 1. The lowest BCUT2D eigenvalue weighted by atomic mass is 10.0. The van der Waals surface area contributed by atoms with Gasteiger partial charge in [0.2, 0.25) is 0 Å². The van der Waals surface area contributed by atoms with Crippen molar-refractivity contribution in [2.24, 2.45) is 0 Å². The summed E-state index contributed by atoms with van der Waals surface area (Å²) < 4.78 is 5.43. The number of phenolic OH excluding ortho intramolecular Hbond substituents is 1. The van der Waals surface area contributed by atoms with Crippen LogP contribution in [0, 0.1) is 13.8 Å². The highest BCUT2D eigenvalue weighted by molar-refractivity contribution is 5.39. The zero-order valence-electron chi connectivity index (χ0n) is 13.1. The Morgan fingerprint density at radius 1 is 1.10 bits per heavy atom. The molecule has 0 aromatic heterocycles. The largest absolute Gasteiger partial charge is 0.508 e. The molecule has 112 valence electrons. The molecule has 0 saturated carbocycles. The first-order valence-corrected chi connectivity index (χ1v) is 7.17. The maximum absolute atomic E-state index is 9.90. The Balaban J connectivity index is 2.13.